The molecule has 1 aromatic carbocycles. The normalized spacial score (nSPS) is 9.60. The van der Waals surface area contributed by atoms with Crippen LogP contribution in [0.1, 0.15) is 10.6 Å². The number of fused-ring (bicyclic) bond motifs is 1. The van der Waals surface area contributed by atoms with Crippen LogP contribution in [0.25, 0.3) is 10.8 Å². The summed E-state index contributed by atoms with van der Waals surface area (Å²) in [5.41, 5.74) is -0.665. The number of carboxylic acids is 1. The van der Waals surface area contributed by atoms with Gasteiger partial charge in [-0.05, 0) is 17.5 Å². The summed E-state index contributed by atoms with van der Waals surface area (Å²) in [4.78, 5) is 21.7. The van der Waals surface area contributed by atoms with Gasteiger partial charge in [0.2, 0.25) is 0 Å². The Balaban J connectivity index is 0.00000112. The third-order valence-electron chi connectivity index (χ3n) is 1.87. The smallest absolute Gasteiger partial charge is 0.542 e. The Morgan fingerprint density at radius 2 is 1.93 bits per heavy atom. The van der Waals surface area contributed by atoms with Crippen LogP contribution in [-0.4, -0.2) is 5.97 Å². The zero-order chi connectivity index (χ0) is 10.1. The monoisotopic (exact) mass is 212 g/mol. The zero-order valence-electron chi connectivity index (χ0n) is 8.02. The second-order valence-corrected chi connectivity index (χ2v) is 2.77. The summed E-state index contributed by atoms with van der Waals surface area (Å²) in [5.74, 6) is -1.94. The van der Waals surface area contributed by atoms with E-state index in [1.807, 2.05) is 0 Å². The van der Waals surface area contributed by atoms with Crippen LogP contribution in [0, 0.1) is 0 Å². The van der Waals surface area contributed by atoms with Crippen molar-refractivity contribution in [1.82, 2.24) is 0 Å². The van der Waals surface area contributed by atoms with E-state index >= 15 is 0 Å². The van der Waals surface area contributed by atoms with E-state index in [-0.39, 0.29) is 29.6 Å². The van der Waals surface area contributed by atoms with E-state index in [0.29, 0.717) is 10.8 Å². The van der Waals surface area contributed by atoms with Gasteiger partial charge in [0, 0.05) is 0 Å². The SMILES string of the molecule is O=C([O-])c1cc2ccccc2c(=O)o1.[Na+]. The first-order chi connectivity index (χ1) is 6.68. The van der Waals surface area contributed by atoms with Crippen LogP contribution < -0.4 is 40.3 Å². The van der Waals surface area contributed by atoms with Crippen molar-refractivity contribution in [3.63, 3.8) is 0 Å². The van der Waals surface area contributed by atoms with Crippen molar-refractivity contribution < 1.29 is 43.9 Å². The number of rotatable bonds is 1. The molecule has 0 fully saturated rings. The van der Waals surface area contributed by atoms with Crippen molar-refractivity contribution in [2.24, 2.45) is 0 Å². The van der Waals surface area contributed by atoms with Crippen molar-refractivity contribution in [3.8, 4) is 0 Å². The number of aromatic carboxylic acids is 1. The molecule has 0 aliphatic carbocycles. The number of hydrogen-bond acceptors (Lipinski definition) is 4. The molecule has 0 spiro atoms. The van der Waals surface area contributed by atoms with Crippen molar-refractivity contribution in [2.45, 2.75) is 0 Å². The molecule has 0 atom stereocenters. The fourth-order valence-corrected chi connectivity index (χ4v) is 1.23. The Kier molecular flexibility index (Phi) is 3.68. The molecule has 70 valence electrons. The summed E-state index contributed by atoms with van der Waals surface area (Å²) in [5, 5.41) is 11.3. The van der Waals surface area contributed by atoms with Crippen LogP contribution in [0.5, 0.6) is 0 Å². The zero-order valence-corrected chi connectivity index (χ0v) is 10.0. The summed E-state index contributed by atoms with van der Waals surface area (Å²) in [6.07, 6.45) is 0. The number of carbonyl (C=O) groups is 1. The Bertz CT molecular complexity index is 559. The molecule has 1 aromatic heterocycles. The Hall–Kier alpha value is -1.10. The summed E-state index contributed by atoms with van der Waals surface area (Å²) in [6.45, 7) is 0. The first-order valence-electron chi connectivity index (χ1n) is 3.93. The maximum Gasteiger partial charge on any atom is 1.00 e. The number of benzene rings is 1. The van der Waals surface area contributed by atoms with Crippen molar-refractivity contribution in [3.05, 3.63) is 46.5 Å². The molecule has 0 amide bonds. The molecule has 2 rings (SSSR count). The van der Waals surface area contributed by atoms with Crippen LogP contribution in [0.3, 0.4) is 0 Å². The second-order valence-electron chi connectivity index (χ2n) is 2.77. The van der Waals surface area contributed by atoms with Crippen LogP contribution in [0.2, 0.25) is 0 Å². The van der Waals surface area contributed by atoms with Crippen LogP contribution in [-0.2, 0) is 0 Å². The van der Waals surface area contributed by atoms with Crippen molar-refractivity contribution >= 4 is 16.7 Å². The van der Waals surface area contributed by atoms with Gasteiger partial charge in [0.25, 0.3) is 0 Å². The first kappa shape index (κ1) is 12.0. The molecule has 0 radical (unpaired) electrons. The average Bonchev–Trinajstić information content (AvgIpc) is 2.17. The van der Waals surface area contributed by atoms with Crippen molar-refractivity contribution in [2.75, 3.05) is 0 Å². The molecular formula is C10H5NaO4. The summed E-state index contributed by atoms with van der Waals surface area (Å²) >= 11 is 0. The van der Waals surface area contributed by atoms with E-state index in [0.717, 1.165) is 0 Å². The standard InChI is InChI=1S/C10H6O4.Na/c11-9(12)8-5-6-3-1-2-4-7(6)10(13)14-8;/h1-5H,(H,11,12);/q;+1/p-1. The molecular weight excluding hydrogens is 207 g/mol. The first-order valence-corrected chi connectivity index (χ1v) is 3.93. The van der Waals surface area contributed by atoms with E-state index in [1.165, 1.54) is 6.07 Å². The topological polar surface area (TPSA) is 70.3 Å². The summed E-state index contributed by atoms with van der Waals surface area (Å²) in [7, 11) is 0. The summed E-state index contributed by atoms with van der Waals surface area (Å²) < 4.78 is 4.53. The van der Waals surface area contributed by atoms with Crippen LogP contribution in [0.4, 0.5) is 0 Å². The predicted octanol–water partition coefficient (Wildman–Crippen LogP) is -2.84. The molecule has 0 saturated carbocycles. The molecule has 0 bridgehead atoms. The van der Waals surface area contributed by atoms with Crippen LogP contribution >= 0.6 is 0 Å². The minimum absolute atomic E-state index is 0. The van der Waals surface area contributed by atoms with E-state index in [2.05, 4.69) is 4.42 Å². The molecule has 0 saturated heterocycles. The Labute approximate surface area is 107 Å². The number of carbonyl (C=O) groups excluding carboxylic acids is 1. The fraction of sp³-hybridized carbons (Fsp3) is 0. The van der Waals surface area contributed by atoms with Gasteiger partial charge in [-0.2, -0.15) is 0 Å². The van der Waals surface area contributed by atoms with E-state index in [4.69, 9.17) is 0 Å². The second kappa shape index (κ2) is 4.61. The summed E-state index contributed by atoms with van der Waals surface area (Å²) in [6, 6.07) is 7.86. The van der Waals surface area contributed by atoms with Crippen LogP contribution in [0.15, 0.2) is 39.5 Å². The van der Waals surface area contributed by atoms with Crippen molar-refractivity contribution in [1.29, 1.82) is 0 Å². The largest absolute Gasteiger partial charge is 1.00 e. The Morgan fingerprint density at radius 3 is 2.60 bits per heavy atom. The van der Waals surface area contributed by atoms with Gasteiger partial charge >= 0.3 is 35.2 Å². The van der Waals surface area contributed by atoms with E-state index < -0.39 is 17.4 Å². The van der Waals surface area contributed by atoms with Gasteiger partial charge in [0.15, 0.2) is 5.76 Å². The Morgan fingerprint density at radius 1 is 1.27 bits per heavy atom. The van der Waals surface area contributed by atoms with Gasteiger partial charge in [-0.3, -0.25) is 0 Å². The fourth-order valence-electron chi connectivity index (χ4n) is 1.23. The van der Waals surface area contributed by atoms with E-state index in [9.17, 15) is 14.7 Å². The number of carboxylic acid groups (broad SMARTS) is 1. The van der Waals surface area contributed by atoms with Gasteiger partial charge in [0.1, 0.15) is 5.97 Å². The molecule has 4 nitrogen and oxygen atoms in total. The van der Waals surface area contributed by atoms with Gasteiger partial charge < -0.3 is 14.3 Å². The maximum atomic E-state index is 11.2. The van der Waals surface area contributed by atoms with Gasteiger partial charge in [-0.25, -0.2) is 4.79 Å². The average molecular weight is 212 g/mol. The number of hydrogen-bond donors (Lipinski definition) is 0. The quantitative estimate of drug-likeness (QED) is 0.477. The van der Waals surface area contributed by atoms with Gasteiger partial charge in [-0.1, -0.05) is 18.2 Å². The molecule has 5 heteroatoms. The van der Waals surface area contributed by atoms with E-state index in [1.54, 1.807) is 24.3 Å². The molecule has 15 heavy (non-hydrogen) atoms. The van der Waals surface area contributed by atoms with Gasteiger partial charge in [-0.15, -0.1) is 0 Å². The molecule has 0 unspecified atom stereocenters. The minimum Gasteiger partial charge on any atom is -0.542 e. The third kappa shape index (κ3) is 2.28. The third-order valence-corrected chi connectivity index (χ3v) is 1.87. The molecule has 0 N–H and O–H groups in total. The minimum atomic E-state index is -1.49. The molecule has 0 aliphatic heterocycles. The molecule has 0 aliphatic rings. The maximum absolute atomic E-state index is 11.2. The molecule has 1 heterocycles. The molecule has 2 aromatic rings. The predicted molar refractivity (Wildman–Crippen MR) is 46.8 cm³/mol. The van der Waals surface area contributed by atoms with Gasteiger partial charge in [0.05, 0.1) is 5.39 Å².